The van der Waals surface area contributed by atoms with Gasteiger partial charge in [-0.15, -0.1) is 5.10 Å². The van der Waals surface area contributed by atoms with Crippen LogP contribution in [-0.4, -0.2) is 11.5 Å². The molecule has 2 N–H and O–H groups in total. The molecule has 0 fully saturated rings. The third kappa shape index (κ3) is 2.54. The highest BCUT2D eigenvalue weighted by atomic mass is 15.2. The first-order valence-corrected chi connectivity index (χ1v) is 6.08. The Morgan fingerprint density at radius 2 is 1.82 bits per heavy atom. The molecule has 90 valence electrons. The van der Waals surface area contributed by atoms with Gasteiger partial charge in [0.15, 0.2) is 0 Å². The second-order valence-electron chi connectivity index (χ2n) is 4.76. The minimum absolute atomic E-state index is 0.397. The van der Waals surface area contributed by atoms with E-state index in [1.165, 1.54) is 16.7 Å². The molecule has 1 aliphatic heterocycles. The minimum atomic E-state index is 0.397. The summed E-state index contributed by atoms with van der Waals surface area (Å²) in [4.78, 5) is 0. The molecule has 1 aromatic carbocycles. The summed E-state index contributed by atoms with van der Waals surface area (Å²) < 4.78 is 0. The molecule has 0 bridgehead atoms. The van der Waals surface area contributed by atoms with E-state index in [0.29, 0.717) is 11.8 Å². The van der Waals surface area contributed by atoms with E-state index in [0.717, 1.165) is 18.6 Å². The zero-order valence-electron chi connectivity index (χ0n) is 10.7. The summed E-state index contributed by atoms with van der Waals surface area (Å²) in [6, 6.07) is 6.52. The molecule has 3 nitrogen and oxygen atoms in total. The van der Waals surface area contributed by atoms with Crippen LogP contribution in [0.2, 0.25) is 0 Å². The normalized spacial score (nSPS) is 19.8. The molecule has 1 atom stereocenters. The van der Waals surface area contributed by atoms with E-state index < -0.39 is 0 Å². The molecule has 1 aliphatic rings. The molecule has 0 aliphatic carbocycles. The lowest BCUT2D eigenvalue weighted by Gasteiger charge is -2.20. The smallest absolute Gasteiger partial charge is 0.123 e. The van der Waals surface area contributed by atoms with Crippen LogP contribution in [-0.2, 0) is 0 Å². The number of nitrogens with zero attached hydrogens (tertiary/aromatic N) is 2. The highest BCUT2D eigenvalue weighted by molar-refractivity contribution is 6.06. The molecule has 1 unspecified atom stereocenters. The van der Waals surface area contributed by atoms with Gasteiger partial charge in [-0.3, -0.25) is 0 Å². The highest BCUT2D eigenvalue weighted by Crippen LogP contribution is 2.22. The van der Waals surface area contributed by atoms with Gasteiger partial charge in [0.05, 0.1) is 5.71 Å². The van der Waals surface area contributed by atoms with E-state index in [1.807, 2.05) is 0 Å². The lowest BCUT2D eigenvalue weighted by Crippen LogP contribution is -2.26. The van der Waals surface area contributed by atoms with Gasteiger partial charge in [-0.1, -0.05) is 36.2 Å². The predicted octanol–water partition coefficient (Wildman–Crippen LogP) is 2.79. The van der Waals surface area contributed by atoms with Gasteiger partial charge in [-0.05, 0) is 25.8 Å². The van der Waals surface area contributed by atoms with Gasteiger partial charge >= 0.3 is 0 Å². The number of hydrogen-bond donors (Lipinski definition) is 1. The molecule has 0 aromatic heterocycles. The van der Waals surface area contributed by atoms with Gasteiger partial charge in [0.25, 0.3) is 0 Å². The van der Waals surface area contributed by atoms with E-state index in [1.54, 1.807) is 0 Å². The van der Waals surface area contributed by atoms with Crippen molar-refractivity contribution in [2.45, 2.75) is 33.6 Å². The van der Waals surface area contributed by atoms with E-state index in [4.69, 9.17) is 5.73 Å². The molecule has 1 heterocycles. The standard InChI is InChI=1S/C14H19N3/c1-4-11-8-13(15)16-17-14(11)12-6-9(2)5-10(3)7-12/h5-7,11H,4,8H2,1-3H3,(H2,15,16). The molecule has 0 spiro atoms. The maximum Gasteiger partial charge on any atom is 0.123 e. The van der Waals surface area contributed by atoms with Crippen LogP contribution in [0.3, 0.4) is 0 Å². The Morgan fingerprint density at radius 3 is 2.41 bits per heavy atom. The maximum atomic E-state index is 5.74. The molecule has 0 radical (unpaired) electrons. The molecule has 17 heavy (non-hydrogen) atoms. The third-order valence-electron chi connectivity index (χ3n) is 3.14. The fraction of sp³-hybridized carbons (Fsp3) is 0.429. The molecule has 2 rings (SSSR count). The van der Waals surface area contributed by atoms with Gasteiger partial charge in [-0.2, -0.15) is 5.10 Å². The van der Waals surface area contributed by atoms with Crippen LogP contribution < -0.4 is 5.73 Å². The molecular formula is C14H19N3. The van der Waals surface area contributed by atoms with Gasteiger partial charge < -0.3 is 5.73 Å². The number of aryl methyl sites for hydroxylation is 2. The third-order valence-corrected chi connectivity index (χ3v) is 3.14. The number of hydrogen-bond acceptors (Lipinski definition) is 3. The van der Waals surface area contributed by atoms with Crippen LogP contribution in [0, 0.1) is 19.8 Å². The predicted molar refractivity (Wildman–Crippen MR) is 72.5 cm³/mol. The fourth-order valence-electron chi connectivity index (χ4n) is 2.34. The first kappa shape index (κ1) is 11.8. The van der Waals surface area contributed by atoms with Crippen molar-refractivity contribution in [2.24, 2.45) is 21.9 Å². The van der Waals surface area contributed by atoms with Gasteiger partial charge in [0.1, 0.15) is 5.84 Å². The lowest BCUT2D eigenvalue weighted by atomic mass is 9.89. The minimum Gasteiger partial charge on any atom is -0.386 e. The second kappa shape index (κ2) is 4.70. The molecule has 1 aromatic rings. The summed E-state index contributed by atoms with van der Waals surface area (Å²) in [5.41, 5.74) is 10.5. The van der Waals surface area contributed by atoms with Crippen molar-refractivity contribution >= 4 is 11.5 Å². The highest BCUT2D eigenvalue weighted by Gasteiger charge is 2.21. The summed E-state index contributed by atoms with van der Waals surface area (Å²) >= 11 is 0. The van der Waals surface area contributed by atoms with Crippen molar-refractivity contribution < 1.29 is 0 Å². The second-order valence-corrected chi connectivity index (χ2v) is 4.76. The van der Waals surface area contributed by atoms with E-state index in [9.17, 15) is 0 Å². The van der Waals surface area contributed by atoms with Crippen LogP contribution in [0.1, 0.15) is 36.5 Å². The topological polar surface area (TPSA) is 50.7 Å². The molecular weight excluding hydrogens is 210 g/mol. The molecule has 0 saturated carbocycles. The number of nitrogens with two attached hydrogens (primary N) is 1. The fourth-order valence-corrected chi connectivity index (χ4v) is 2.34. The quantitative estimate of drug-likeness (QED) is 0.833. The largest absolute Gasteiger partial charge is 0.386 e. The number of amidine groups is 1. The zero-order valence-corrected chi connectivity index (χ0v) is 10.7. The van der Waals surface area contributed by atoms with Crippen molar-refractivity contribution in [3.8, 4) is 0 Å². The lowest BCUT2D eigenvalue weighted by molar-refractivity contribution is 0.677. The Labute approximate surface area is 102 Å². The van der Waals surface area contributed by atoms with Crippen LogP contribution in [0.25, 0.3) is 0 Å². The van der Waals surface area contributed by atoms with E-state index >= 15 is 0 Å². The van der Waals surface area contributed by atoms with Gasteiger partial charge in [0.2, 0.25) is 0 Å². The van der Waals surface area contributed by atoms with Crippen LogP contribution in [0.5, 0.6) is 0 Å². The zero-order chi connectivity index (χ0) is 12.4. The van der Waals surface area contributed by atoms with E-state index in [-0.39, 0.29) is 0 Å². The van der Waals surface area contributed by atoms with Crippen LogP contribution >= 0.6 is 0 Å². The van der Waals surface area contributed by atoms with Gasteiger partial charge in [0, 0.05) is 12.3 Å². The summed E-state index contributed by atoms with van der Waals surface area (Å²) in [6.07, 6.45) is 1.87. The van der Waals surface area contributed by atoms with Crippen molar-refractivity contribution in [3.05, 3.63) is 34.9 Å². The Bertz CT molecular complexity index is 466. The first-order valence-electron chi connectivity index (χ1n) is 6.08. The summed E-state index contributed by atoms with van der Waals surface area (Å²) in [5.74, 6) is 1.04. The van der Waals surface area contributed by atoms with Crippen molar-refractivity contribution in [3.63, 3.8) is 0 Å². The van der Waals surface area contributed by atoms with Crippen molar-refractivity contribution in [1.82, 2.24) is 0 Å². The van der Waals surface area contributed by atoms with Crippen molar-refractivity contribution in [1.29, 1.82) is 0 Å². The Balaban J connectivity index is 2.44. The van der Waals surface area contributed by atoms with E-state index in [2.05, 4.69) is 49.2 Å². The Kier molecular flexibility index (Phi) is 3.27. The van der Waals surface area contributed by atoms with Crippen molar-refractivity contribution in [2.75, 3.05) is 0 Å². The number of benzene rings is 1. The monoisotopic (exact) mass is 229 g/mol. The molecule has 0 saturated heterocycles. The Hall–Kier alpha value is -1.64. The Morgan fingerprint density at radius 1 is 1.18 bits per heavy atom. The first-order chi connectivity index (χ1) is 8.10. The average Bonchev–Trinajstić information content (AvgIpc) is 2.27. The average molecular weight is 229 g/mol. The number of rotatable bonds is 2. The molecule has 3 heteroatoms. The maximum absolute atomic E-state index is 5.74. The summed E-state index contributed by atoms with van der Waals surface area (Å²) in [7, 11) is 0. The van der Waals surface area contributed by atoms with Crippen LogP contribution in [0.4, 0.5) is 0 Å². The summed E-state index contributed by atoms with van der Waals surface area (Å²) in [6.45, 7) is 6.39. The summed E-state index contributed by atoms with van der Waals surface area (Å²) in [5, 5.41) is 8.32. The van der Waals surface area contributed by atoms with Crippen LogP contribution in [0.15, 0.2) is 28.4 Å². The van der Waals surface area contributed by atoms with Gasteiger partial charge in [-0.25, -0.2) is 0 Å². The molecule has 0 amide bonds. The SMILES string of the molecule is CCC1CC(N)=NN=C1c1cc(C)cc(C)c1.